The van der Waals surface area contributed by atoms with E-state index in [1.54, 1.807) is 0 Å². The molecule has 1 aromatic rings. The van der Waals surface area contributed by atoms with Crippen LogP contribution < -0.4 is 4.90 Å². The zero-order valence-corrected chi connectivity index (χ0v) is 10.9. The first kappa shape index (κ1) is 12.6. The van der Waals surface area contributed by atoms with Crippen molar-refractivity contribution in [3.63, 3.8) is 0 Å². The van der Waals surface area contributed by atoms with Gasteiger partial charge in [-0.1, -0.05) is 6.92 Å². The molecule has 0 radical (unpaired) electrons. The summed E-state index contributed by atoms with van der Waals surface area (Å²) < 4.78 is 0. The van der Waals surface area contributed by atoms with Crippen molar-refractivity contribution < 1.29 is 4.79 Å². The summed E-state index contributed by atoms with van der Waals surface area (Å²) in [6.07, 6.45) is 2.04. The van der Waals surface area contributed by atoms with Gasteiger partial charge >= 0.3 is 0 Å². The fourth-order valence-electron chi connectivity index (χ4n) is 2.49. The van der Waals surface area contributed by atoms with Crippen LogP contribution in [0.3, 0.4) is 0 Å². The fourth-order valence-corrected chi connectivity index (χ4v) is 2.49. The van der Waals surface area contributed by atoms with E-state index in [0.717, 1.165) is 24.9 Å². The fraction of sp³-hybridized carbons (Fsp3) is 0.467. The number of benzene rings is 1. The van der Waals surface area contributed by atoms with Crippen molar-refractivity contribution in [3.8, 4) is 6.07 Å². The largest absolute Gasteiger partial charge is 0.374 e. The van der Waals surface area contributed by atoms with Crippen molar-refractivity contribution >= 4 is 11.5 Å². The molecule has 0 spiro atoms. The van der Waals surface area contributed by atoms with Gasteiger partial charge in [0.1, 0.15) is 0 Å². The molecule has 0 aromatic heterocycles. The van der Waals surface area contributed by atoms with E-state index in [2.05, 4.69) is 18.0 Å². The Morgan fingerprint density at radius 2 is 2.33 bits per heavy atom. The number of rotatable bonds is 4. The molecule has 3 heteroatoms. The lowest BCUT2D eigenvalue weighted by Crippen LogP contribution is -2.14. The molecule has 1 unspecified atom stereocenters. The third-order valence-corrected chi connectivity index (χ3v) is 3.69. The number of anilines is 1. The molecule has 0 amide bonds. The highest BCUT2D eigenvalue weighted by Gasteiger charge is 2.21. The lowest BCUT2D eigenvalue weighted by molar-refractivity contribution is 0.0918. The van der Waals surface area contributed by atoms with Gasteiger partial charge in [-0.2, -0.15) is 5.26 Å². The number of hydrogen-bond donors (Lipinski definition) is 0. The molecule has 1 aromatic carbocycles. The van der Waals surface area contributed by atoms with Gasteiger partial charge in [-0.05, 0) is 36.6 Å². The lowest BCUT2D eigenvalue weighted by Gasteiger charge is -2.13. The van der Waals surface area contributed by atoms with Crippen molar-refractivity contribution in [3.05, 3.63) is 29.3 Å². The number of carbonyl (C=O) groups excluding carboxylic acids is 1. The molecule has 1 atom stereocenters. The topological polar surface area (TPSA) is 44.1 Å². The molecule has 18 heavy (non-hydrogen) atoms. The predicted octanol–water partition coefficient (Wildman–Crippen LogP) is 2.80. The van der Waals surface area contributed by atoms with Crippen LogP contribution in [0.1, 0.15) is 35.7 Å². The highest BCUT2D eigenvalue weighted by Crippen LogP contribution is 2.28. The predicted molar refractivity (Wildman–Crippen MR) is 71.8 cm³/mol. The standard InChI is InChI=1S/C15H18N2O/c1-3-11(6-8-16)15(18)13-4-5-14-12(10-13)7-9-17(14)2/h4-5,10-11H,3,6-7,9H2,1-2H3. The average Bonchev–Trinajstić information content (AvgIpc) is 2.76. The Labute approximate surface area is 108 Å². The summed E-state index contributed by atoms with van der Waals surface area (Å²) in [6, 6.07) is 8.02. The monoisotopic (exact) mass is 242 g/mol. The van der Waals surface area contributed by atoms with E-state index in [1.807, 2.05) is 25.1 Å². The first-order valence-corrected chi connectivity index (χ1v) is 6.42. The van der Waals surface area contributed by atoms with Gasteiger partial charge in [0.15, 0.2) is 5.78 Å². The SMILES string of the molecule is CCC(CC#N)C(=O)c1ccc2c(c1)CCN2C. The first-order valence-electron chi connectivity index (χ1n) is 6.42. The maximum absolute atomic E-state index is 12.3. The first-order chi connectivity index (χ1) is 8.67. The molecule has 2 rings (SSSR count). The number of nitrogens with zero attached hydrogens (tertiary/aromatic N) is 2. The van der Waals surface area contributed by atoms with Gasteiger partial charge < -0.3 is 4.90 Å². The lowest BCUT2D eigenvalue weighted by atomic mass is 9.92. The quantitative estimate of drug-likeness (QED) is 0.762. The number of carbonyl (C=O) groups is 1. The number of fused-ring (bicyclic) bond motifs is 1. The van der Waals surface area contributed by atoms with Crippen LogP contribution in [-0.2, 0) is 6.42 Å². The molecule has 0 saturated heterocycles. The second kappa shape index (κ2) is 5.22. The Hall–Kier alpha value is -1.82. The van der Waals surface area contributed by atoms with E-state index >= 15 is 0 Å². The molecule has 1 aliphatic heterocycles. The van der Waals surface area contributed by atoms with E-state index in [4.69, 9.17) is 5.26 Å². The second-order valence-corrected chi connectivity index (χ2v) is 4.85. The van der Waals surface area contributed by atoms with E-state index in [9.17, 15) is 4.79 Å². The summed E-state index contributed by atoms with van der Waals surface area (Å²) in [5, 5.41) is 8.74. The zero-order chi connectivity index (χ0) is 13.1. The van der Waals surface area contributed by atoms with E-state index in [-0.39, 0.29) is 11.7 Å². The van der Waals surface area contributed by atoms with Gasteiger partial charge in [0.2, 0.25) is 0 Å². The van der Waals surface area contributed by atoms with Gasteiger partial charge in [0.05, 0.1) is 6.07 Å². The van der Waals surface area contributed by atoms with Crippen molar-refractivity contribution in [1.29, 1.82) is 5.26 Å². The van der Waals surface area contributed by atoms with Crippen molar-refractivity contribution in [2.45, 2.75) is 26.2 Å². The van der Waals surface area contributed by atoms with Crippen molar-refractivity contribution in [1.82, 2.24) is 0 Å². The zero-order valence-electron chi connectivity index (χ0n) is 10.9. The van der Waals surface area contributed by atoms with Crippen molar-refractivity contribution in [2.75, 3.05) is 18.5 Å². The van der Waals surface area contributed by atoms with E-state index < -0.39 is 0 Å². The number of hydrogen-bond acceptors (Lipinski definition) is 3. The number of likely N-dealkylation sites (N-methyl/N-ethyl adjacent to an activating group) is 1. The highest BCUT2D eigenvalue weighted by atomic mass is 16.1. The molecular weight excluding hydrogens is 224 g/mol. The summed E-state index contributed by atoms with van der Waals surface area (Å²) in [7, 11) is 2.07. The minimum absolute atomic E-state index is 0.108. The molecule has 0 aliphatic carbocycles. The Morgan fingerprint density at radius 1 is 1.56 bits per heavy atom. The third-order valence-electron chi connectivity index (χ3n) is 3.69. The van der Waals surface area contributed by atoms with Crippen LogP contribution in [0.25, 0.3) is 0 Å². The molecule has 0 fully saturated rings. The smallest absolute Gasteiger partial charge is 0.166 e. The van der Waals surface area contributed by atoms with Crippen LogP contribution in [-0.4, -0.2) is 19.4 Å². The normalized spacial score (nSPS) is 15.1. The molecular formula is C15H18N2O. The van der Waals surface area contributed by atoms with Crippen molar-refractivity contribution in [2.24, 2.45) is 5.92 Å². The summed E-state index contributed by atoms with van der Waals surface area (Å²) in [6.45, 7) is 2.98. The van der Waals surface area contributed by atoms with Gasteiger partial charge in [-0.3, -0.25) is 4.79 Å². The molecule has 1 aliphatic rings. The number of Topliss-reactive ketones (excluding diaryl/α,β-unsaturated/α-hetero) is 1. The van der Waals surface area contributed by atoms with Crippen LogP contribution in [0.4, 0.5) is 5.69 Å². The number of nitriles is 1. The second-order valence-electron chi connectivity index (χ2n) is 4.85. The summed E-state index contributed by atoms with van der Waals surface area (Å²) >= 11 is 0. The Kier molecular flexibility index (Phi) is 3.66. The van der Waals surface area contributed by atoms with Crippen LogP contribution in [0, 0.1) is 17.2 Å². The maximum Gasteiger partial charge on any atom is 0.166 e. The maximum atomic E-state index is 12.3. The van der Waals surface area contributed by atoms with Crippen LogP contribution in [0.5, 0.6) is 0 Å². The third kappa shape index (κ3) is 2.24. The Bertz CT molecular complexity index is 502. The van der Waals surface area contributed by atoms with Gasteiger partial charge in [-0.15, -0.1) is 0 Å². The molecule has 0 saturated carbocycles. The molecule has 0 bridgehead atoms. The highest BCUT2D eigenvalue weighted by molar-refractivity contribution is 5.98. The van der Waals surface area contributed by atoms with E-state index in [1.165, 1.54) is 11.3 Å². The molecule has 3 nitrogen and oxygen atoms in total. The molecule has 94 valence electrons. The van der Waals surface area contributed by atoms with Gasteiger partial charge in [-0.25, -0.2) is 0 Å². The number of ketones is 1. The summed E-state index contributed by atoms with van der Waals surface area (Å²) in [5.74, 6) is -0.0522. The Morgan fingerprint density at radius 3 is 3.00 bits per heavy atom. The minimum atomic E-state index is -0.160. The Balaban J connectivity index is 2.25. The van der Waals surface area contributed by atoms with Crippen LogP contribution >= 0.6 is 0 Å². The van der Waals surface area contributed by atoms with Gasteiger partial charge in [0, 0.05) is 37.2 Å². The van der Waals surface area contributed by atoms with E-state index in [0.29, 0.717) is 6.42 Å². The molecule has 1 heterocycles. The average molecular weight is 242 g/mol. The van der Waals surface area contributed by atoms with Crippen LogP contribution in [0.2, 0.25) is 0 Å². The minimum Gasteiger partial charge on any atom is -0.374 e. The van der Waals surface area contributed by atoms with Crippen LogP contribution in [0.15, 0.2) is 18.2 Å². The summed E-state index contributed by atoms with van der Waals surface area (Å²) in [4.78, 5) is 14.5. The van der Waals surface area contributed by atoms with Gasteiger partial charge in [0.25, 0.3) is 0 Å². The molecule has 0 N–H and O–H groups in total. The summed E-state index contributed by atoms with van der Waals surface area (Å²) in [5.41, 5.74) is 3.22.